The van der Waals surface area contributed by atoms with Crippen LogP contribution in [0, 0.1) is 12.7 Å². The van der Waals surface area contributed by atoms with Crippen molar-refractivity contribution in [3.63, 3.8) is 0 Å². The van der Waals surface area contributed by atoms with Crippen molar-refractivity contribution in [1.29, 1.82) is 0 Å². The first-order valence-corrected chi connectivity index (χ1v) is 12.1. The van der Waals surface area contributed by atoms with Crippen LogP contribution >= 0.6 is 0 Å². The number of hydrogen-bond donors (Lipinski definition) is 1. The molecule has 0 fully saturated rings. The fraction of sp³-hybridized carbons (Fsp3) is 0.364. The van der Waals surface area contributed by atoms with Crippen LogP contribution in [0.3, 0.4) is 0 Å². The quantitative estimate of drug-likeness (QED) is 0.537. The Kier molecular flexibility index (Phi) is 5.24. The van der Waals surface area contributed by atoms with Gasteiger partial charge in [-0.3, -0.25) is 4.57 Å². The van der Waals surface area contributed by atoms with Crippen molar-refractivity contribution in [3.05, 3.63) is 58.7 Å². The molecule has 0 saturated heterocycles. The molecule has 1 N–H and O–H groups in total. The van der Waals surface area contributed by atoms with Gasteiger partial charge in [0.25, 0.3) is 0 Å². The van der Waals surface area contributed by atoms with Gasteiger partial charge in [0.15, 0.2) is 5.82 Å². The van der Waals surface area contributed by atoms with E-state index in [-0.39, 0.29) is 39.3 Å². The molecule has 0 atom stereocenters. The maximum atomic E-state index is 14.7. The summed E-state index contributed by atoms with van der Waals surface area (Å²) in [4.78, 5) is 0. The van der Waals surface area contributed by atoms with Crippen LogP contribution in [0.2, 0.25) is 0 Å². The Morgan fingerprint density at radius 2 is 1.79 bits per heavy atom. The van der Waals surface area contributed by atoms with Crippen LogP contribution in [0.1, 0.15) is 44.9 Å². The lowest BCUT2D eigenvalue weighted by Gasteiger charge is -2.36. The fourth-order valence-corrected chi connectivity index (χ4v) is 5.32. The Hall–Kier alpha value is -3.15. The predicted octanol–water partition coefficient (Wildman–Crippen LogP) is 4.55. The molecule has 7 nitrogen and oxygen atoms in total. The normalized spacial score (nSPS) is 17.0. The smallest absolute Gasteiger partial charge is 0.375 e. The van der Waals surface area contributed by atoms with Crippen molar-refractivity contribution in [1.82, 2.24) is 24.1 Å². The van der Waals surface area contributed by atoms with Gasteiger partial charge in [-0.05, 0) is 64.0 Å². The molecule has 1 aliphatic heterocycles. The van der Waals surface area contributed by atoms with E-state index < -0.39 is 33.1 Å². The van der Waals surface area contributed by atoms with Gasteiger partial charge >= 0.3 is 6.18 Å². The third-order valence-electron chi connectivity index (χ3n) is 5.86. The van der Waals surface area contributed by atoms with Gasteiger partial charge in [-0.25, -0.2) is 16.8 Å². The molecule has 2 aromatic heterocycles. The van der Waals surface area contributed by atoms with E-state index >= 15 is 0 Å². The zero-order chi connectivity index (χ0) is 25.4. The number of nitrogens with one attached hydrogen (secondary N) is 1. The van der Waals surface area contributed by atoms with Gasteiger partial charge in [-0.2, -0.15) is 13.2 Å². The molecule has 34 heavy (non-hydrogen) atoms. The summed E-state index contributed by atoms with van der Waals surface area (Å²) in [6.45, 7) is 7.89. The molecule has 12 heteroatoms. The summed E-state index contributed by atoms with van der Waals surface area (Å²) in [7, 11) is -3.80. The second-order valence-electron chi connectivity index (χ2n) is 8.89. The lowest BCUT2D eigenvalue weighted by Crippen LogP contribution is -2.43. The Balaban J connectivity index is 2.11. The van der Waals surface area contributed by atoms with Gasteiger partial charge in [-0.1, -0.05) is 0 Å². The highest BCUT2D eigenvalue weighted by Crippen LogP contribution is 2.45. The summed E-state index contributed by atoms with van der Waals surface area (Å²) in [5, 5.41) is 11.3. The average molecular weight is 498 g/mol. The zero-order valence-electron chi connectivity index (χ0n) is 19.3. The Labute approximate surface area is 193 Å². The number of benzene rings is 1. The molecule has 0 spiro atoms. The lowest BCUT2D eigenvalue weighted by molar-refractivity contribution is -0.0872. The first-order chi connectivity index (χ1) is 15.5. The molecule has 0 amide bonds. The first-order valence-electron chi connectivity index (χ1n) is 10.3. The number of allylic oxidation sites excluding steroid dienone is 4. The van der Waals surface area contributed by atoms with Gasteiger partial charge in [-0.15, -0.1) is 10.2 Å². The molecule has 1 aliphatic rings. The number of hydrogen-bond acceptors (Lipinski definition) is 5. The fourth-order valence-electron chi connectivity index (χ4n) is 4.53. The predicted molar refractivity (Wildman–Crippen MR) is 121 cm³/mol. The summed E-state index contributed by atoms with van der Waals surface area (Å²) < 4.78 is 85.0. The van der Waals surface area contributed by atoms with E-state index in [1.807, 2.05) is 0 Å². The SMILES string of the molecule is CC1=C(/C(=C(\C)c2cc(F)cc3c2ccn3S(C)(=O)=O)C(F)(F)F)n2c(C)nnc2C(C)(C)N1. The van der Waals surface area contributed by atoms with Gasteiger partial charge in [0.05, 0.1) is 28.6 Å². The van der Waals surface area contributed by atoms with Crippen LogP contribution in [0.5, 0.6) is 0 Å². The molecule has 0 aliphatic carbocycles. The molecule has 3 heterocycles. The van der Waals surface area contributed by atoms with E-state index in [9.17, 15) is 26.0 Å². The maximum absolute atomic E-state index is 14.7. The Morgan fingerprint density at radius 3 is 2.38 bits per heavy atom. The van der Waals surface area contributed by atoms with E-state index in [2.05, 4.69) is 15.5 Å². The van der Waals surface area contributed by atoms with Gasteiger partial charge in [0, 0.05) is 17.3 Å². The van der Waals surface area contributed by atoms with Crippen LogP contribution in [0.15, 0.2) is 35.7 Å². The summed E-state index contributed by atoms with van der Waals surface area (Å²) in [6.07, 6.45) is -2.71. The monoisotopic (exact) mass is 497 g/mol. The number of rotatable bonds is 3. The van der Waals surface area contributed by atoms with E-state index in [0.29, 0.717) is 5.82 Å². The summed E-state index contributed by atoms with van der Waals surface area (Å²) >= 11 is 0. The van der Waals surface area contributed by atoms with E-state index in [4.69, 9.17) is 0 Å². The summed E-state index contributed by atoms with van der Waals surface area (Å²) in [5.74, 6) is -0.296. The second-order valence-corrected chi connectivity index (χ2v) is 10.7. The Morgan fingerprint density at radius 1 is 1.15 bits per heavy atom. The zero-order valence-corrected chi connectivity index (χ0v) is 20.2. The number of halogens is 4. The van der Waals surface area contributed by atoms with Crippen molar-refractivity contribution in [2.45, 2.75) is 46.3 Å². The number of fused-ring (bicyclic) bond motifs is 2. The number of aromatic nitrogens is 4. The topological polar surface area (TPSA) is 81.8 Å². The van der Waals surface area contributed by atoms with Gasteiger partial charge in [0.2, 0.25) is 10.0 Å². The van der Waals surface area contributed by atoms with Crippen molar-refractivity contribution < 1.29 is 26.0 Å². The van der Waals surface area contributed by atoms with E-state index in [1.165, 1.54) is 30.7 Å². The van der Waals surface area contributed by atoms with Crippen molar-refractivity contribution >= 4 is 32.2 Å². The lowest BCUT2D eigenvalue weighted by atomic mass is 9.92. The first kappa shape index (κ1) is 24.0. The molecular weight excluding hydrogens is 474 g/mol. The number of alkyl halides is 3. The molecule has 4 rings (SSSR count). The molecule has 182 valence electrons. The van der Waals surface area contributed by atoms with E-state index in [1.54, 1.807) is 20.8 Å². The second kappa shape index (κ2) is 7.42. The minimum absolute atomic E-state index is 0.0480. The summed E-state index contributed by atoms with van der Waals surface area (Å²) in [5.41, 5.74) is -2.11. The molecule has 1 aromatic carbocycles. The standard InChI is InChI=1S/C22H23F4N5O2S/c1-11(16-9-14(23)10-17-15(16)7-8-30(17)34(6,32)33)18(22(24,25)26)19-12(2)27-21(4,5)20-29-28-13(3)31(19)20/h7-10,27H,1-6H3/b18-11-. The van der Waals surface area contributed by atoms with Crippen molar-refractivity contribution in [3.8, 4) is 0 Å². The van der Waals surface area contributed by atoms with Gasteiger partial charge < -0.3 is 5.32 Å². The molecular formula is C22H23F4N5O2S. The molecule has 0 radical (unpaired) electrons. The highest BCUT2D eigenvalue weighted by atomic mass is 32.2. The van der Waals surface area contributed by atoms with Gasteiger partial charge in [0.1, 0.15) is 11.6 Å². The van der Waals surface area contributed by atoms with Crippen LogP contribution in [-0.4, -0.2) is 39.6 Å². The number of nitrogens with zero attached hydrogens (tertiary/aromatic N) is 4. The largest absolute Gasteiger partial charge is 0.418 e. The minimum atomic E-state index is -4.84. The molecule has 0 unspecified atom stereocenters. The van der Waals surface area contributed by atoms with Crippen LogP contribution in [0.4, 0.5) is 17.6 Å². The highest BCUT2D eigenvalue weighted by Gasteiger charge is 2.44. The third-order valence-corrected chi connectivity index (χ3v) is 6.89. The average Bonchev–Trinajstić information content (AvgIpc) is 3.26. The van der Waals surface area contributed by atoms with Crippen molar-refractivity contribution in [2.75, 3.05) is 6.26 Å². The van der Waals surface area contributed by atoms with Crippen LogP contribution in [0.25, 0.3) is 22.2 Å². The van der Waals surface area contributed by atoms with Crippen molar-refractivity contribution in [2.24, 2.45) is 0 Å². The van der Waals surface area contributed by atoms with E-state index in [0.717, 1.165) is 22.4 Å². The van der Waals surface area contributed by atoms with Crippen LogP contribution < -0.4 is 5.32 Å². The van der Waals surface area contributed by atoms with Crippen LogP contribution in [-0.2, 0) is 15.6 Å². The molecule has 3 aromatic rings. The highest BCUT2D eigenvalue weighted by molar-refractivity contribution is 7.89. The maximum Gasteiger partial charge on any atom is 0.418 e. The molecule has 0 bridgehead atoms. The minimum Gasteiger partial charge on any atom is -0.375 e. The molecule has 0 saturated carbocycles. The summed E-state index contributed by atoms with van der Waals surface area (Å²) in [6, 6.07) is 3.32. The Bertz CT molecular complexity index is 1510. The number of aryl methyl sites for hydroxylation is 1. The third kappa shape index (κ3) is 3.69.